The lowest BCUT2D eigenvalue weighted by Gasteiger charge is -2.30. The second-order valence-electron chi connectivity index (χ2n) is 10.3. The second kappa shape index (κ2) is 10.8. The Morgan fingerprint density at radius 2 is 2.03 bits per heavy atom. The number of benzene rings is 1. The maximum Gasteiger partial charge on any atom is 0.251 e. The number of nitrogens with one attached hydrogen (secondary N) is 3. The lowest BCUT2D eigenvalue weighted by atomic mass is 9.99. The van der Waals surface area contributed by atoms with E-state index in [0.717, 1.165) is 61.5 Å². The van der Waals surface area contributed by atoms with Gasteiger partial charge in [0.05, 0.1) is 6.20 Å². The molecule has 0 bridgehead atoms. The van der Waals surface area contributed by atoms with Crippen molar-refractivity contribution < 1.29 is 9.59 Å². The molecule has 5 rings (SSSR count). The minimum Gasteiger partial charge on any atom is -0.352 e. The maximum absolute atomic E-state index is 12.7. The number of fused-ring (bicyclic) bond motifs is 1. The zero-order chi connectivity index (χ0) is 25.1. The Morgan fingerprint density at radius 1 is 1.19 bits per heavy atom. The number of hydrogen-bond donors (Lipinski definition) is 3. The summed E-state index contributed by atoms with van der Waals surface area (Å²) in [6.07, 6.45) is 9.22. The molecule has 1 atom stereocenters. The molecule has 2 amide bonds. The van der Waals surface area contributed by atoms with Gasteiger partial charge in [-0.3, -0.25) is 9.59 Å². The number of rotatable bonds is 6. The van der Waals surface area contributed by atoms with Gasteiger partial charge in [-0.15, -0.1) is 0 Å². The average Bonchev–Trinajstić information content (AvgIpc) is 3.40. The Kier molecular flexibility index (Phi) is 7.36. The van der Waals surface area contributed by atoms with Gasteiger partial charge in [0, 0.05) is 43.9 Å². The van der Waals surface area contributed by atoms with Crippen LogP contribution < -0.4 is 25.8 Å². The first kappa shape index (κ1) is 24.5. The number of piperidine rings is 1. The van der Waals surface area contributed by atoms with E-state index in [9.17, 15) is 9.59 Å². The first-order valence-electron chi connectivity index (χ1n) is 13.3. The van der Waals surface area contributed by atoms with Crippen LogP contribution in [0.25, 0.3) is 0 Å². The minimum absolute atomic E-state index is 0.0450. The van der Waals surface area contributed by atoms with Crippen LogP contribution in [0.3, 0.4) is 0 Å². The van der Waals surface area contributed by atoms with Gasteiger partial charge in [0.25, 0.3) is 5.91 Å². The summed E-state index contributed by atoms with van der Waals surface area (Å²) in [7, 11) is 1.80. The molecular weight excluding hydrogens is 454 g/mol. The summed E-state index contributed by atoms with van der Waals surface area (Å²) >= 11 is 0. The third-order valence-electron chi connectivity index (χ3n) is 7.77. The number of amides is 2. The van der Waals surface area contributed by atoms with E-state index in [1.807, 2.05) is 25.1 Å². The Balaban J connectivity index is 1.31. The summed E-state index contributed by atoms with van der Waals surface area (Å²) in [6.45, 7) is 5.38. The van der Waals surface area contributed by atoms with Crippen molar-refractivity contribution >= 4 is 35.0 Å². The fourth-order valence-electron chi connectivity index (χ4n) is 5.57. The van der Waals surface area contributed by atoms with Crippen molar-refractivity contribution in [2.24, 2.45) is 5.92 Å². The highest BCUT2D eigenvalue weighted by molar-refractivity contribution is 5.97. The van der Waals surface area contributed by atoms with E-state index in [1.165, 1.54) is 12.8 Å². The molecule has 0 spiro atoms. The molecule has 1 aromatic carbocycles. The number of aryl methyl sites for hydroxylation is 1. The molecule has 2 fully saturated rings. The molecule has 1 saturated heterocycles. The number of nitrogens with zero attached hydrogens (tertiary/aromatic N) is 4. The van der Waals surface area contributed by atoms with Crippen molar-refractivity contribution in [1.82, 2.24) is 20.6 Å². The summed E-state index contributed by atoms with van der Waals surface area (Å²) in [5.74, 6) is 1.85. The van der Waals surface area contributed by atoms with Crippen LogP contribution in [0.5, 0.6) is 0 Å². The summed E-state index contributed by atoms with van der Waals surface area (Å²) < 4.78 is 0. The number of carbonyl (C=O) groups is 2. The Labute approximate surface area is 213 Å². The van der Waals surface area contributed by atoms with Gasteiger partial charge in [-0.1, -0.05) is 12.8 Å². The molecule has 1 aliphatic carbocycles. The van der Waals surface area contributed by atoms with Crippen LogP contribution in [0.15, 0.2) is 24.4 Å². The largest absolute Gasteiger partial charge is 0.352 e. The average molecular weight is 492 g/mol. The van der Waals surface area contributed by atoms with E-state index >= 15 is 0 Å². The molecule has 9 nitrogen and oxygen atoms in total. The first-order chi connectivity index (χ1) is 17.5. The van der Waals surface area contributed by atoms with Gasteiger partial charge in [0.15, 0.2) is 5.82 Å². The highest BCUT2D eigenvalue weighted by Crippen LogP contribution is 2.36. The highest BCUT2D eigenvalue weighted by Gasteiger charge is 2.31. The van der Waals surface area contributed by atoms with Crippen molar-refractivity contribution in [1.29, 1.82) is 0 Å². The Bertz CT molecular complexity index is 1110. The third-order valence-corrected chi connectivity index (χ3v) is 7.77. The normalized spacial score (nSPS) is 20.7. The van der Waals surface area contributed by atoms with Crippen LogP contribution in [0.1, 0.15) is 60.9 Å². The summed E-state index contributed by atoms with van der Waals surface area (Å²) in [6, 6.07) is 6.06. The molecule has 1 saturated carbocycles. The number of anilines is 4. The van der Waals surface area contributed by atoms with Crippen molar-refractivity contribution in [2.75, 3.05) is 48.3 Å². The zero-order valence-corrected chi connectivity index (χ0v) is 21.3. The molecule has 36 heavy (non-hydrogen) atoms. The van der Waals surface area contributed by atoms with Gasteiger partial charge in [-0.05, 0) is 75.4 Å². The van der Waals surface area contributed by atoms with Crippen LogP contribution in [-0.2, 0) is 4.79 Å². The van der Waals surface area contributed by atoms with Gasteiger partial charge < -0.3 is 25.8 Å². The first-order valence-corrected chi connectivity index (χ1v) is 13.3. The van der Waals surface area contributed by atoms with E-state index < -0.39 is 0 Å². The van der Waals surface area contributed by atoms with Crippen LogP contribution in [-0.4, -0.2) is 61.1 Å². The van der Waals surface area contributed by atoms with Crippen molar-refractivity contribution in [3.05, 3.63) is 35.5 Å². The van der Waals surface area contributed by atoms with Gasteiger partial charge in [0.1, 0.15) is 5.69 Å². The topological polar surface area (TPSA) is 102 Å². The van der Waals surface area contributed by atoms with E-state index in [-0.39, 0.29) is 11.8 Å². The number of carbonyl (C=O) groups excluding carboxylic acids is 2. The number of aromatic nitrogens is 2. The van der Waals surface area contributed by atoms with Gasteiger partial charge in [0.2, 0.25) is 11.9 Å². The van der Waals surface area contributed by atoms with E-state index in [0.29, 0.717) is 43.0 Å². The molecule has 9 heteroatoms. The van der Waals surface area contributed by atoms with Gasteiger partial charge in [-0.25, -0.2) is 4.98 Å². The summed E-state index contributed by atoms with van der Waals surface area (Å²) in [5, 5.41) is 9.81. The minimum atomic E-state index is -0.0450. The standard InChI is InChI=1S/C27H37N7O2/c1-18-14-20(26(36)29-16-19-6-5-12-28-15-19)9-10-22(18)31-27-30-17-23-25(32-27)34(21-7-3-4-8-21)13-11-24(35)33(23)2/h9-10,14,17,19,21,28H,3-8,11-13,15-16H2,1-2H3,(H,29,36)(H,30,31,32). The van der Waals surface area contributed by atoms with Crippen molar-refractivity contribution in [2.45, 2.75) is 57.9 Å². The predicted octanol–water partition coefficient (Wildman–Crippen LogP) is 3.37. The molecule has 2 aliphatic heterocycles. The fraction of sp³-hybridized carbons (Fsp3) is 0.556. The molecule has 3 aliphatic rings. The van der Waals surface area contributed by atoms with Crippen molar-refractivity contribution in [3.63, 3.8) is 0 Å². The van der Waals surface area contributed by atoms with E-state index in [1.54, 1.807) is 18.1 Å². The SMILES string of the molecule is Cc1cc(C(=O)NCC2CCCNC2)ccc1Nc1ncc2c(n1)N(C1CCCC1)CCC(=O)N2C. The lowest BCUT2D eigenvalue weighted by molar-refractivity contribution is -0.118. The van der Waals surface area contributed by atoms with Gasteiger partial charge in [-0.2, -0.15) is 4.98 Å². The summed E-state index contributed by atoms with van der Waals surface area (Å²) in [5.41, 5.74) is 3.21. The van der Waals surface area contributed by atoms with Crippen molar-refractivity contribution in [3.8, 4) is 0 Å². The van der Waals surface area contributed by atoms with Crippen LogP contribution in [0.4, 0.5) is 23.1 Å². The molecular formula is C27H37N7O2. The van der Waals surface area contributed by atoms with Crippen LogP contribution in [0.2, 0.25) is 0 Å². The maximum atomic E-state index is 12.7. The fourth-order valence-corrected chi connectivity index (χ4v) is 5.57. The predicted molar refractivity (Wildman–Crippen MR) is 142 cm³/mol. The molecule has 1 aromatic heterocycles. The lowest BCUT2D eigenvalue weighted by Crippen LogP contribution is -2.38. The van der Waals surface area contributed by atoms with E-state index in [2.05, 4.69) is 25.8 Å². The molecule has 3 heterocycles. The molecule has 3 N–H and O–H groups in total. The number of hydrogen-bond acceptors (Lipinski definition) is 7. The quantitative estimate of drug-likeness (QED) is 0.569. The smallest absolute Gasteiger partial charge is 0.251 e. The molecule has 1 unspecified atom stereocenters. The third kappa shape index (κ3) is 5.31. The summed E-state index contributed by atoms with van der Waals surface area (Å²) in [4.78, 5) is 38.7. The molecule has 192 valence electrons. The zero-order valence-electron chi connectivity index (χ0n) is 21.3. The second-order valence-corrected chi connectivity index (χ2v) is 10.3. The Hall–Kier alpha value is -3.20. The van der Waals surface area contributed by atoms with E-state index in [4.69, 9.17) is 4.98 Å². The van der Waals surface area contributed by atoms with Crippen LogP contribution in [0, 0.1) is 12.8 Å². The van der Waals surface area contributed by atoms with Gasteiger partial charge >= 0.3 is 0 Å². The van der Waals surface area contributed by atoms with Crippen LogP contribution >= 0.6 is 0 Å². The monoisotopic (exact) mass is 491 g/mol. The molecule has 0 radical (unpaired) electrons. The highest BCUT2D eigenvalue weighted by atomic mass is 16.2. The Morgan fingerprint density at radius 3 is 2.78 bits per heavy atom. The molecule has 2 aromatic rings.